The third-order valence-electron chi connectivity index (χ3n) is 2.99. The first-order valence-corrected chi connectivity index (χ1v) is 5.41. The van der Waals surface area contributed by atoms with E-state index >= 15 is 0 Å². The van der Waals surface area contributed by atoms with Gasteiger partial charge in [-0.15, -0.1) is 0 Å². The molecule has 2 heterocycles. The van der Waals surface area contributed by atoms with Crippen LogP contribution in [0.1, 0.15) is 31.7 Å². The predicted octanol–water partition coefficient (Wildman–Crippen LogP) is 0.927. The molecule has 80 valence electrons. The van der Waals surface area contributed by atoms with Crippen molar-refractivity contribution in [3.05, 3.63) is 6.07 Å². The molecule has 1 saturated heterocycles. The lowest BCUT2D eigenvalue weighted by molar-refractivity contribution is -0.117. The Hall–Kier alpha value is -1.52. The Bertz CT molecular complexity index is 408. The smallest absolute Gasteiger partial charge is 0.228 e. The van der Waals surface area contributed by atoms with Crippen molar-refractivity contribution in [2.45, 2.75) is 31.7 Å². The van der Waals surface area contributed by atoms with Crippen molar-refractivity contribution in [3.8, 4) is 0 Å². The molecule has 1 aliphatic heterocycles. The van der Waals surface area contributed by atoms with Gasteiger partial charge >= 0.3 is 0 Å². The highest BCUT2D eigenvalue weighted by molar-refractivity contribution is 5.94. The van der Waals surface area contributed by atoms with Crippen LogP contribution < -0.4 is 10.6 Å². The summed E-state index contributed by atoms with van der Waals surface area (Å²) >= 11 is 0. The van der Waals surface area contributed by atoms with E-state index < -0.39 is 0 Å². The number of aromatic nitrogens is 2. The van der Waals surface area contributed by atoms with Crippen LogP contribution in [-0.2, 0) is 4.79 Å². The zero-order valence-corrected chi connectivity index (χ0v) is 8.52. The van der Waals surface area contributed by atoms with Crippen LogP contribution in [-0.4, -0.2) is 22.2 Å². The lowest BCUT2D eigenvalue weighted by Crippen LogP contribution is -2.24. The molecule has 2 aliphatic rings. The Morgan fingerprint density at radius 2 is 2.27 bits per heavy atom. The van der Waals surface area contributed by atoms with E-state index in [1.165, 1.54) is 0 Å². The van der Waals surface area contributed by atoms with Crippen molar-refractivity contribution in [1.29, 1.82) is 0 Å². The lowest BCUT2D eigenvalue weighted by atomic mass is 10.4. The number of hydrogen-bond donors (Lipinski definition) is 1. The zero-order chi connectivity index (χ0) is 10.4. The van der Waals surface area contributed by atoms with E-state index in [0.29, 0.717) is 18.3 Å². The number of hydrogen-bond acceptors (Lipinski definition) is 3. The second-order valence-corrected chi connectivity index (χ2v) is 4.25. The summed E-state index contributed by atoms with van der Waals surface area (Å²) in [5.41, 5.74) is 5.86. The number of nitrogen functional groups attached to an aromatic ring is 1. The second-order valence-electron chi connectivity index (χ2n) is 4.25. The first-order valence-electron chi connectivity index (χ1n) is 5.41. The van der Waals surface area contributed by atoms with Crippen molar-refractivity contribution in [2.75, 3.05) is 17.2 Å². The normalized spacial score (nSPS) is 21.3. The van der Waals surface area contributed by atoms with Gasteiger partial charge in [0.1, 0.15) is 5.82 Å². The molecule has 0 bridgehead atoms. The molecule has 1 aromatic heterocycles. The Kier molecular flexibility index (Phi) is 1.74. The average molecular weight is 206 g/mol. The van der Waals surface area contributed by atoms with E-state index in [-0.39, 0.29) is 5.91 Å². The number of anilines is 2. The highest BCUT2D eigenvalue weighted by Gasteiger charge is 2.29. The van der Waals surface area contributed by atoms with E-state index in [2.05, 4.69) is 5.10 Å². The Labute approximate surface area is 87.8 Å². The van der Waals surface area contributed by atoms with Crippen LogP contribution in [0.3, 0.4) is 0 Å². The molecule has 2 N–H and O–H groups in total. The molecular formula is C10H14N4O. The fraction of sp³-hybridized carbons (Fsp3) is 0.600. The van der Waals surface area contributed by atoms with Crippen LogP contribution in [0.15, 0.2) is 6.07 Å². The summed E-state index contributed by atoms with van der Waals surface area (Å²) in [5.74, 6) is 1.56. The fourth-order valence-electron chi connectivity index (χ4n) is 2.03. The maximum absolute atomic E-state index is 11.5. The summed E-state index contributed by atoms with van der Waals surface area (Å²) in [4.78, 5) is 13.2. The third kappa shape index (κ3) is 1.38. The van der Waals surface area contributed by atoms with Crippen molar-refractivity contribution in [2.24, 2.45) is 0 Å². The van der Waals surface area contributed by atoms with Gasteiger partial charge in [0, 0.05) is 19.0 Å². The molecule has 5 heteroatoms. The molecule has 15 heavy (non-hydrogen) atoms. The number of carbonyl (C=O) groups excluding carboxylic acids is 1. The first-order chi connectivity index (χ1) is 7.25. The van der Waals surface area contributed by atoms with Crippen LogP contribution in [0.5, 0.6) is 0 Å². The van der Waals surface area contributed by atoms with Gasteiger partial charge in [0.2, 0.25) is 5.91 Å². The van der Waals surface area contributed by atoms with Gasteiger partial charge in [0.15, 0.2) is 5.82 Å². The molecule has 0 radical (unpaired) electrons. The fourth-order valence-corrected chi connectivity index (χ4v) is 2.03. The van der Waals surface area contributed by atoms with Crippen LogP contribution in [0.2, 0.25) is 0 Å². The van der Waals surface area contributed by atoms with E-state index in [4.69, 9.17) is 5.73 Å². The van der Waals surface area contributed by atoms with Crippen LogP contribution in [0.25, 0.3) is 0 Å². The molecule has 5 nitrogen and oxygen atoms in total. The lowest BCUT2D eigenvalue weighted by Gasteiger charge is -2.10. The Morgan fingerprint density at radius 1 is 1.47 bits per heavy atom. The van der Waals surface area contributed by atoms with Gasteiger partial charge < -0.3 is 5.73 Å². The van der Waals surface area contributed by atoms with Crippen molar-refractivity contribution in [1.82, 2.24) is 9.78 Å². The quantitative estimate of drug-likeness (QED) is 0.782. The molecule has 2 fully saturated rings. The van der Waals surface area contributed by atoms with Crippen molar-refractivity contribution >= 4 is 17.5 Å². The average Bonchev–Trinajstić information content (AvgIpc) is 2.85. The molecule has 0 aromatic carbocycles. The monoisotopic (exact) mass is 206 g/mol. The van der Waals surface area contributed by atoms with E-state index in [1.807, 2.05) is 10.7 Å². The summed E-state index contributed by atoms with van der Waals surface area (Å²) in [6, 6.07) is 2.28. The number of nitrogens with two attached hydrogens (primary N) is 1. The standard InChI is InChI=1S/C10H14N4O/c11-8-6-9(12-14(8)7-3-4-7)13-5-1-2-10(13)15/h6-7H,1-5,11H2. The molecule has 0 atom stereocenters. The third-order valence-corrected chi connectivity index (χ3v) is 2.99. The van der Waals surface area contributed by atoms with Gasteiger partial charge in [0.25, 0.3) is 0 Å². The Morgan fingerprint density at radius 3 is 2.87 bits per heavy atom. The summed E-state index contributed by atoms with van der Waals surface area (Å²) in [7, 11) is 0. The molecular weight excluding hydrogens is 192 g/mol. The topological polar surface area (TPSA) is 64.2 Å². The maximum atomic E-state index is 11.5. The van der Waals surface area contributed by atoms with Crippen molar-refractivity contribution < 1.29 is 4.79 Å². The molecule has 0 spiro atoms. The minimum Gasteiger partial charge on any atom is -0.384 e. The van der Waals surface area contributed by atoms with Gasteiger partial charge in [-0.3, -0.25) is 9.69 Å². The minimum absolute atomic E-state index is 0.162. The van der Waals surface area contributed by atoms with Gasteiger partial charge in [-0.05, 0) is 19.3 Å². The van der Waals surface area contributed by atoms with Crippen molar-refractivity contribution in [3.63, 3.8) is 0 Å². The first kappa shape index (κ1) is 8.76. The van der Waals surface area contributed by atoms with Crippen LogP contribution in [0, 0.1) is 0 Å². The predicted molar refractivity (Wildman–Crippen MR) is 56.5 cm³/mol. The van der Waals surface area contributed by atoms with Gasteiger partial charge in [-0.1, -0.05) is 0 Å². The molecule has 0 unspecified atom stereocenters. The molecule has 1 aromatic rings. The number of rotatable bonds is 2. The van der Waals surface area contributed by atoms with Gasteiger partial charge in [0.05, 0.1) is 6.04 Å². The molecule has 1 aliphatic carbocycles. The summed E-state index contributed by atoms with van der Waals surface area (Å²) in [6.45, 7) is 0.778. The second kappa shape index (κ2) is 2.98. The molecule has 1 amide bonds. The van der Waals surface area contributed by atoms with E-state index in [9.17, 15) is 4.79 Å². The number of carbonyl (C=O) groups is 1. The van der Waals surface area contributed by atoms with Gasteiger partial charge in [-0.2, -0.15) is 5.10 Å². The Balaban J connectivity index is 1.91. The number of nitrogens with zero attached hydrogens (tertiary/aromatic N) is 3. The zero-order valence-electron chi connectivity index (χ0n) is 8.52. The highest BCUT2D eigenvalue weighted by atomic mass is 16.2. The number of amides is 1. The minimum atomic E-state index is 0.162. The van der Waals surface area contributed by atoms with Crippen LogP contribution in [0.4, 0.5) is 11.6 Å². The summed E-state index contributed by atoms with van der Waals surface area (Å²) in [5, 5.41) is 4.40. The highest BCUT2D eigenvalue weighted by Crippen LogP contribution is 2.37. The summed E-state index contributed by atoms with van der Waals surface area (Å²) < 4.78 is 1.85. The molecule has 3 rings (SSSR count). The SMILES string of the molecule is Nc1cc(N2CCCC2=O)nn1C1CC1. The van der Waals surface area contributed by atoms with Crippen LogP contribution >= 0.6 is 0 Å². The summed E-state index contributed by atoms with van der Waals surface area (Å²) in [6.07, 6.45) is 3.86. The van der Waals surface area contributed by atoms with E-state index in [1.54, 1.807) is 4.90 Å². The van der Waals surface area contributed by atoms with Gasteiger partial charge in [-0.25, -0.2) is 4.68 Å². The van der Waals surface area contributed by atoms with E-state index in [0.717, 1.165) is 31.6 Å². The molecule has 1 saturated carbocycles. The largest absolute Gasteiger partial charge is 0.384 e. The maximum Gasteiger partial charge on any atom is 0.228 e.